The summed E-state index contributed by atoms with van der Waals surface area (Å²) < 4.78 is 25.0. The van der Waals surface area contributed by atoms with E-state index in [1.807, 2.05) is 17.5 Å². The zero-order chi connectivity index (χ0) is 14.5. The molecule has 0 aliphatic heterocycles. The van der Waals surface area contributed by atoms with Crippen molar-refractivity contribution in [2.24, 2.45) is 5.73 Å². The summed E-state index contributed by atoms with van der Waals surface area (Å²) in [5.74, 6) is -0.536. The summed E-state index contributed by atoms with van der Waals surface area (Å²) >= 11 is 1.56. The molecule has 0 saturated carbocycles. The van der Waals surface area contributed by atoms with Gasteiger partial charge >= 0.3 is 0 Å². The number of rotatable bonds is 6. The smallest absolute Gasteiger partial charge is 0.263 e. The third-order valence-corrected chi connectivity index (χ3v) is 3.74. The van der Waals surface area contributed by atoms with Gasteiger partial charge in [0.2, 0.25) is 5.91 Å². The number of amides is 1. The van der Waals surface area contributed by atoms with Crippen molar-refractivity contribution in [2.75, 3.05) is 0 Å². The van der Waals surface area contributed by atoms with Gasteiger partial charge in [-0.3, -0.25) is 10.1 Å². The molecule has 2 rings (SSSR count). The first-order valence-electron chi connectivity index (χ1n) is 6.01. The van der Waals surface area contributed by atoms with Gasteiger partial charge in [-0.15, -0.1) is 11.3 Å². The molecule has 1 heterocycles. The van der Waals surface area contributed by atoms with Crippen molar-refractivity contribution < 1.29 is 13.6 Å². The number of carbonyl (C=O) groups is 1. The quantitative estimate of drug-likeness (QED) is 0.861. The largest absolute Gasteiger partial charge is 0.368 e. The number of nitrogens with two attached hydrogens (primary N) is 1. The van der Waals surface area contributed by atoms with Crippen LogP contribution in [0, 0.1) is 0 Å². The maximum atomic E-state index is 12.5. The zero-order valence-corrected chi connectivity index (χ0v) is 11.4. The second-order valence-corrected chi connectivity index (χ2v) is 5.30. The molecule has 20 heavy (non-hydrogen) atoms. The van der Waals surface area contributed by atoms with Crippen LogP contribution in [0.4, 0.5) is 8.78 Å². The predicted molar refractivity (Wildman–Crippen MR) is 74.5 cm³/mol. The summed E-state index contributed by atoms with van der Waals surface area (Å²) in [6.45, 7) is 0.502. The topological polar surface area (TPSA) is 55.1 Å². The van der Waals surface area contributed by atoms with Gasteiger partial charge in [-0.05, 0) is 17.0 Å². The van der Waals surface area contributed by atoms with Crippen LogP contribution in [-0.4, -0.2) is 5.91 Å². The normalized spacial score (nSPS) is 12.6. The van der Waals surface area contributed by atoms with Crippen molar-refractivity contribution in [2.45, 2.75) is 19.0 Å². The molecule has 0 radical (unpaired) electrons. The van der Waals surface area contributed by atoms with Gasteiger partial charge in [0.15, 0.2) is 0 Å². The van der Waals surface area contributed by atoms with Gasteiger partial charge in [-0.2, -0.15) is 0 Å². The molecular weight excluding hydrogens is 282 g/mol. The maximum absolute atomic E-state index is 12.5. The predicted octanol–water partition coefficient (Wildman–Crippen LogP) is 3.00. The van der Waals surface area contributed by atoms with E-state index < -0.39 is 18.4 Å². The first-order valence-corrected chi connectivity index (χ1v) is 6.89. The Morgan fingerprint density at radius 2 is 1.85 bits per heavy atom. The molecule has 3 nitrogen and oxygen atoms in total. The number of hydrogen-bond acceptors (Lipinski definition) is 3. The van der Waals surface area contributed by atoms with Crippen LogP contribution in [0.1, 0.15) is 28.5 Å². The molecule has 1 unspecified atom stereocenters. The molecule has 1 aromatic heterocycles. The Balaban J connectivity index is 2.09. The van der Waals surface area contributed by atoms with E-state index in [1.54, 1.807) is 11.3 Å². The van der Waals surface area contributed by atoms with Crippen molar-refractivity contribution in [3.8, 4) is 0 Å². The highest BCUT2D eigenvalue weighted by molar-refractivity contribution is 7.09. The van der Waals surface area contributed by atoms with Crippen molar-refractivity contribution in [3.63, 3.8) is 0 Å². The van der Waals surface area contributed by atoms with Gasteiger partial charge in [0.25, 0.3) is 6.43 Å². The number of benzene rings is 1. The lowest BCUT2D eigenvalue weighted by Crippen LogP contribution is -2.33. The monoisotopic (exact) mass is 296 g/mol. The molecule has 0 aliphatic carbocycles. The van der Waals surface area contributed by atoms with E-state index in [9.17, 15) is 13.6 Å². The van der Waals surface area contributed by atoms with Crippen LogP contribution in [0.3, 0.4) is 0 Å². The van der Waals surface area contributed by atoms with Gasteiger partial charge < -0.3 is 5.73 Å². The van der Waals surface area contributed by atoms with Crippen molar-refractivity contribution in [3.05, 3.63) is 57.8 Å². The second kappa shape index (κ2) is 6.58. The SMILES string of the molecule is NC(=O)C(NCc1cccs1)c1ccc(C(F)F)cc1. The van der Waals surface area contributed by atoms with Crippen LogP contribution < -0.4 is 11.1 Å². The molecule has 106 valence electrons. The Kier molecular flexibility index (Phi) is 4.81. The number of hydrogen-bond donors (Lipinski definition) is 2. The Bertz CT molecular complexity index is 555. The second-order valence-electron chi connectivity index (χ2n) is 4.26. The maximum Gasteiger partial charge on any atom is 0.263 e. The average Bonchev–Trinajstić information content (AvgIpc) is 2.92. The summed E-state index contributed by atoms with van der Waals surface area (Å²) in [5, 5.41) is 4.97. The summed E-state index contributed by atoms with van der Waals surface area (Å²) in [7, 11) is 0. The van der Waals surface area contributed by atoms with Crippen LogP contribution in [0.2, 0.25) is 0 Å². The van der Waals surface area contributed by atoms with Gasteiger partial charge in [-0.25, -0.2) is 8.78 Å². The number of thiophene rings is 1. The third kappa shape index (κ3) is 3.61. The number of halogens is 2. The molecule has 1 aromatic carbocycles. The molecule has 0 saturated heterocycles. The average molecular weight is 296 g/mol. The zero-order valence-electron chi connectivity index (χ0n) is 10.6. The molecule has 2 aromatic rings. The standard InChI is InChI=1S/C14H14F2N2OS/c15-13(16)10-5-3-9(4-6-10)12(14(17)19)18-8-11-2-1-7-20-11/h1-7,12-13,18H,8H2,(H2,17,19). The lowest BCUT2D eigenvalue weighted by atomic mass is 10.0. The minimum atomic E-state index is -2.52. The van der Waals surface area contributed by atoms with Crippen LogP contribution in [-0.2, 0) is 11.3 Å². The molecular formula is C14H14F2N2OS. The molecule has 0 bridgehead atoms. The van der Waals surface area contributed by atoms with Crippen molar-refractivity contribution in [1.82, 2.24) is 5.32 Å². The fraction of sp³-hybridized carbons (Fsp3) is 0.214. The Morgan fingerprint density at radius 3 is 2.35 bits per heavy atom. The summed E-state index contributed by atoms with van der Waals surface area (Å²) in [6.07, 6.45) is -2.52. The molecule has 3 N–H and O–H groups in total. The fourth-order valence-corrected chi connectivity index (χ4v) is 2.49. The lowest BCUT2D eigenvalue weighted by Gasteiger charge is -2.15. The molecule has 1 amide bonds. The van der Waals surface area contributed by atoms with Crippen LogP contribution in [0.5, 0.6) is 0 Å². The van der Waals surface area contributed by atoms with Crippen LogP contribution in [0.25, 0.3) is 0 Å². The first-order chi connectivity index (χ1) is 9.58. The minimum Gasteiger partial charge on any atom is -0.368 e. The Morgan fingerprint density at radius 1 is 1.20 bits per heavy atom. The van der Waals surface area contributed by atoms with Crippen LogP contribution >= 0.6 is 11.3 Å². The van der Waals surface area contributed by atoms with Crippen molar-refractivity contribution >= 4 is 17.2 Å². The fourth-order valence-electron chi connectivity index (χ4n) is 1.83. The first kappa shape index (κ1) is 14.6. The molecule has 6 heteroatoms. The molecule has 0 fully saturated rings. The van der Waals surface area contributed by atoms with E-state index in [4.69, 9.17) is 5.73 Å². The van der Waals surface area contributed by atoms with Crippen molar-refractivity contribution in [1.29, 1.82) is 0 Å². The summed E-state index contributed by atoms with van der Waals surface area (Å²) in [6, 6.07) is 8.78. The van der Waals surface area contributed by atoms with E-state index >= 15 is 0 Å². The minimum absolute atomic E-state index is 0.0739. The van der Waals surface area contributed by atoms with Crippen LogP contribution in [0.15, 0.2) is 41.8 Å². The molecule has 1 atom stereocenters. The molecule has 0 spiro atoms. The summed E-state index contributed by atoms with van der Waals surface area (Å²) in [5.41, 5.74) is 5.87. The third-order valence-electron chi connectivity index (χ3n) is 2.87. The number of carbonyl (C=O) groups excluding carboxylic acids is 1. The summed E-state index contributed by atoms with van der Waals surface area (Å²) in [4.78, 5) is 12.6. The Hall–Kier alpha value is -1.79. The highest BCUT2D eigenvalue weighted by Crippen LogP contribution is 2.21. The van der Waals surface area contributed by atoms with E-state index in [0.717, 1.165) is 4.88 Å². The van der Waals surface area contributed by atoms with E-state index in [1.165, 1.54) is 24.3 Å². The Labute approximate surface area is 119 Å². The van der Waals surface area contributed by atoms with Gasteiger partial charge in [0, 0.05) is 17.0 Å². The highest BCUT2D eigenvalue weighted by Gasteiger charge is 2.18. The van der Waals surface area contributed by atoms with Gasteiger partial charge in [-0.1, -0.05) is 30.3 Å². The van der Waals surface area contributed by atoms with E-state index in [2.05, 4.69) is 5.32 Å². The van der Waals surface area contributed by atoms with Gasteiger partial charge in [0.1, 0.15) is 6.04 Å². The number of alkyl halides is 2. The highest BCUT2D eigenvalue weighted by atomic mass is 32.1. The van der Waals surface area contributed by atoms with E-state index in [-0.39, 0.29) is 5.56 Å². The lowest BCUT2D eigenvalue weighted by molar-refractivity contribution is -0.120. The number of nitrogens with one attached hydrogen (secondary N) is 1. The number of primary amides is 1. The molecule has 0 aliphatic rings. The van der Waals surface area contributed by atoms with Gasteiger partial charge in [0.05, 0.1) is 0 Å². The van der Waals surface area contributed by atoms with E-state index in [0.29, 0.717) is 12.1 Å².